The summed E-state index contributed by atoms with van der Waals surface area (Å²) in [6.07, 6.45) is 1.88. The fraction of sp³-hybridized carbons (Fsp3) is 0.750. The number of urea groups is 1. The molecular weight excluding hydrogens is 250 g/mol. The predicted molar refractivity (Wildman–Crippen MR) is 68.7 cm³/mol. The molecule has 19 heavy (non-hydrogen) atoms. The first-order valence-corrected chi connectivity index (χ1v) is 6.45. The van der Waals surface area contributed by atoms with Crippen LogP contribution in [-0.2, 0) is 9.59 Å². The number of aliphatic carboxylic acids is 1. The molecule has 0 bridgehead atoms. The Morgan fingerprint density at radius 1 is 1.32 bits per heavy atom. The van der Waals surface area contributed by atoms with Crippen molar-refractivity contribution in [3.8, 4) is 0 Å². The van der Waals surface area contributed by atoms with Crippen LogP contribution in [0, 0.1) is 0 Å². The first-order chi connectivity index (χ1) is 8.90. The summed E-state index contributed by atoms with van der Waals surface area (Å²) in [5.74, 6) is -1.16. The van der Waals surface area contributed by atoms with Crippen LogP contribution in [0.15, 0.2) is 0 Å². The van der Waals surface area contributed by atoms with Gasteiger partial charge in [0, 0.05) is 18.6 Å². The van der Waals surface area contributed by atoms with Gasteiger partial charge < -0.3 is 20.6 Å². The molecule has 7 nitrogen and oxygen atoms in total. The van der Waals surface area contributed by atoms with Gasteiger partial charge in [0.25, 0.3) is 0 Å². The molecular formula is C12H21N3O4. The highest BCUT2D eigenvalue weighted by molar-refractivity contribution is 5.84. The molecule has 0 aliphatic heterocycles. The molecule has 0 aromatic heterocycles. The van der Waals surface area contributed by atoms with Gasteiger partial charge >= 0.3 is 12.0 Å². The fourth-order valence-corrected chi connectivity index (χ4v) is 1.57. The maximum atomic E-state index is 11.8. The number of amides is 3. The highest BCUT2D eigenvalue weighted by Crippen LogP contribution is 2.18. The SMILES string of the molecule is CC(C)N(CCC(=O)O)C(=O)NCC(=O)NC1CC1. The van der Waals surface area contributed by atoms with Crippen molar-refractivity contribution < 1.29 is 19.5 Å². The summed E-state index contributed by atoms with van der Waals surface area (Å²) in [5.41, 5.74) is 0. The van der Waals surface area contributed by atoms with Gasteiger partial charge in [-0.2, -0.15) is 0 Å². The van der Waals surface area contributed by atoms with Crippen LogP contribution in [0.1, 0.15) is 33.1 Å². The minimum atomic E-state index is -0.954. The van der Waals surface area contributed by atoms with E-state index in [1.54, 1.807) is 13.8 Å². The van der Waals surface area contributed by atoms with Crippen LogP contribution in [0.25, 0.3) is 0 Å². The van der Waals surface area contributed by atoms with Crippen LogP contribution in [0.4, 0.5) is 4.79 Å². The Kier molecular flexibility index (Phi) is 5.59. The lowest BCUT2D eigenvalue weighted by atomic mass is 10.3. The molecule has 0 atom stereocenters. The second kappa shape index (κ2) is 6.96. The van der Waals surface area contributed by atoms with Crippen LogP contribution in [0.5, 0.6) is 0 Å². The molecule has 1 aliphatic rings. The van der Waals surface area contributed by atoms with E-state index in [0.717, 1.165) is 12.8 Å². The van der Waals surface area contributed by atoms with E-state index in [1.165, 1.54) is 4.90 Å². The molecule has 0 saturated heterocycles. The molecule has 0 spiro atoms. The number of carbonyl (C=O) groups excluding carboxylic acids is 2. The van der Waals surface area contributed by atoms with Gasteiger partial charge in [-0.3, -0.25) is 9.59 Å². The molecule has 3 amide bonds. The number of hydrogen-bond donors (Lipinski definition) is 3. The number of nitrogens with one attached hydrogen (secondary N) is 2. The Morgan fingerprint density at radius 3 is 2.42 bits per heavy atom. The molecule has 108 valence electrons. The third-order valence-corrected chi connectivity index (χ3v) is 2.79. The van der Waals surface area contributed by atoms with Crippen molar-refractivity contribution in [2.75, 3.05) is 13.1 Å². The number of nitrogens with zero attached hydrogens (tertiary/aromatic N) is 1. The summed E-state index contributed by atoms with van der Waals surface area (Å²) in [7, 11) is 0. The first-order valence-electron chi connectivity index (χ1n) is 6.45. The topological polar surface area (TPSA) is 98.7 Å². The predicted octanol–water partition coefficient (Wildman–Crippen LogP) is 0.160. The van der Waals surface area contributed by atoms with E-state index >= 15 is 0 Å². The maximum absolute atomic E-state index is 11.8. The monoisotopic (exact) mass is 271 g/mol. The minimum Gasteiger partial charge on any atom is -0.481 e. The number of carbonyl (C=O) groups is 3. The first kappa shape index (κ1) is 15.3. The summed E-state index contributed by atoms with van der Waals surface area (Å²) in [4.78, 5) is 35.2. The quantitative estimate of drug-likeness (QED) is 0.614. The Balaban J connectivity index is 2.33. The molecule has 7 heteroatoms. The number of rotatable bonds is 7. The summed E-state index contributed by atoms with van der Waals surface area (Å²) in [5, 5.41) is 13.9. The Hall–Kier alpha value is -1.79. The molecule has 1 aliphatic carbocycles. The largest absolute Gasteiger partial charge is 0.481 e. The van der Waals surface area contributed by atoms with Gasteiger partial charge in [-0.1, -0.05) is 0 Å². The van der Waals surface area contributed by atoms with Crippen LogP contribution in [0.3, 0.4) is 0 Å². The normalized spacial score (nSPS) is 14.1. The molecule has 1 saturated carbocycles. The summed E-state index contributed by atoms with van der Waals surface area (Å²) >= 11 is 0. The molecule has 1 rings (SSSR count). The van der Waals surface area contributed by atoms with Gasteiger partial charge in [0.15, 0.2) is 0 Å². The van der Waals surface area contributed by atoms with Crippen LogP contribution >= 0.6 is 0 Å². The van der Waals surface area contributed by atoms with E-state index in [0.29, 0.717) is 0 Å². The standard InChI is InChI=1S/C12H21N3O4/c1-8(2)15(6-5-11(17)18)12(19)13-7-10(16)14-9-3-4-9/h8-9H,3-7H2,1-2H3,(H,13,19)(H,14,16)(H,17,18). The molecule has 0 radical (unpaired) electrons. The molecule has 0 unspecified atom stereocenters. The summed E-state index contributed by atoms with van der Waals surface area (Å²) < 4.78 is 0. The lowest BCUT2D eigenvalue weighted by molar-refractivity contribution is -0.137. The van der Waals surface area contributed by atoms with Crippen molar-refractivity contribution in [3.63, 3.8) is 0 Å². The molecule has 3 N–H and O–H groups in total. The number of carboxylic acids is 1. The van der Waals surface area contributed by atoms with E-state index in [1.807, 2.05) is 0 Å². The highest BCUT2D eigenvalue weighted by Gasteiger charge is 2.24. The average Bonchev–Trinajstić information content (AvgIpc) is 3.09. The summed E-state index contributed by atoms with van der Waals surface area (Å²) in [6.45, 7) is 3.64. The van der Waals surface area contributed by atoms with Crippen molar-refractivity contribution in [1.82, 2.24) is 15.5 Å². The highest BCUT2D eigenvalue weighted by atomic mass is 16.4. The lowest BCUT2D eigenvalue weighted by Crippen LogP contribution is -2.48. The number of hydrogen-bond acceptors (Lipinski definition) is 3. The minimum absolute atomic E-state index is 0.0778. The van der Waals surface area contributed by atoms with Gasteiger partial charge in [0.05, 0.1) is 13.0 Å². The maximum Gasteiger partial charge on any atom is 0.318 e. The van der Waals surface area contributed by atoms with Gasteiger partial charge in [0.2, 0.25) is 5.91 Å². The van der Waals surface area contributed by atoms with E-state index in [-0.39, 0.29) is 37.5 Å². The molecule has 0 aromatic carbocycles. The lowest BCUT2D eigenvalue weighted by Gasteiger charge is -2.26. The fourth-order valence-electron chi connectivity index (χ4n) is 1.57. The van der Waals surface area contributed by atoms with Crippen LogP contribution in [0.2, 0.25) is 0 Å². The third kappa shape index (κ3) is 6.08. The van der Waals surface area contributed by atoms with Gasteiger partial charge in [0.1, 0.15) is 0 Å². The van der Waals surface area contributed by atoms with Crippen molar-refractivity contribution in [3.05, 3.63) is 0 Å². The van der Waals surface area contributed by atoms with E-state index < -0.39 is 12.0 Å². The zero-order chi connectivity index (χ0) is 14.4. The van der Waals surface area contributed by atoms with Crippen molar-refractivity contribution in [2.24, 2.45) is 0 Å². The van der Waals surface area contributed by atoms with Crippen molar-refractivity contribution in [1.29, 1.82) is 0 Å². The Labute approximate surface area is 112 Å². The van der Waals surface area contributed by atoms with Crippen molar-refractivity contribution >= 4 is 17.9 Å². The van der Waals surface area contributed by atoms with Crippen molar-refractivity contribution in [2.45, 2.75) is 45.2 Å². The molecule has 0 aromatic rings. The van der Waals surface area contributed by atoms with E-state index in [4.69, 9.17) is 5.11 Å². The Morgan fingerprint density at radius 2 is 1.95 bits per heavy atom. The van der Waals surface area contributed by atoms with Gasteiger partial charge in [-0.05, 0) is 26.7 Å². The Bertz CT molecular complexity index is 353. The second-order valence-corrected chi connectivity index (χ2v) is 4.93. The zero-order valence-electron chi connectivity index (χ0n) is 11.3. The smallest absolute Gasteiger partial charge is 0.318 e. The van der Waals surface area contributed by atoms with E-state index in [9.17, 15) is 14.4 Å². The van der Waals surface area contributed by atoms with E-state index in [2.05, 4.69) is 10.6 Å². The van der Waals surface area contributed by atoms with Crippen LogP contribution in [-0.4, -0.2) is 53.1 Å². The molecule has 0 heterocycles. The average molecular weight is 271 g/mol. The molecule has 1 fully saturated rings. The third-order valence-electron chi connectivity index (χ3n) is 2.79. The van der Waals surface area contributed by atoms with Gasteiger partial charge in [-0.25, -0.2) is 4.79 Å². The van der Waals surface area contributed by atoms with Gasteiger partial charge in [-0.15, -0.1) is 0 Å². The zero-order valence-corrected chi connectivity index (χ0v) is 11.3. The summed E-state index contributed by atoms with van der Waals surface area (Å²) in [6, 6.07) is -0.273. The van der Waals surface area contributed by atoms with Crippen LogP contribution < -0.4 is 10.6 Å². The number of carboxylic acid groups (broad SMARTS) is 1. The second-order valence-electron chi connectivity index (χ2n) is 4.93.